The van der Waals surface area contributed by atoms with Gasteiger partial charge in [0.25, 0.3) is 0 Å². The zero-order chi connectivity index (χ0) is 20.4. The molecule has 28 heavy (non-hydrogen) atoms. The molecule has 0 radical (unpaired) electrons. The van der Waals surface area contributed by atoms with E-state index in [-0.39, 0.29) is 12.2 Å². The summed E-state index contributed by atoms with van der Waals surface area (Å²) < 4.78 is 2.82. The Kier molecular flexibility index (Phi) is 5.71. The number of carboxylic acid groups (broad SMARTS) is 1. The van der Waals surface area contributed by atoms with Crippen molar-refractivity contribution < 1.29 is 14.7 Å². The maximum atomic E-state index is 12.4. The number of nitrogens with one attached hydrogen (secondary N) is 1. The highest BCUT2D eigenvalue weighted by Crippen LogP contribution is 2.27. The Morgan fingerprint density at radius 2 is 1.82 bits per heavy atom. The minimum absolute atomic E-state index is 0.0624. The number of benzene rings is 1. The fourth-order valence-electron chi connectivity index (χ4n) is 2.82. The maximum Gasteiger partial charge on any atom is 0.354 e. The third kappa shape index (κ3) is 4.02. The monoisotopic (exact) mass is 421 g/mol. The summed E-state index contributed by atoms with van der Waals surface area (Å²) in [5, 5.41) is 21.3. The third-order valence-electron chi connectivity index (χ3n) is 4.24. The van der Waals surface area contributed by atoms with E-state index in [1.165, 1.54) is 12.3 Å². The van der Waals surface area contributed by atoms with Crippen molar-refractivity contribution in [2.24, 2.45) is 0 Å². The van der Waals surface area contributed by atoms with Gasteiger partial charge in [-0.1, -0.05) is 29.3 Å². The molecule has 1 aromatic carbocycles. The molecule has 0 fully saturated rings. The molecule has 8 nitrogen and oxygen atoms in total. The van der Waals surface area contributed by atoms with Gasteiger partial charge in [0.05, 0.1) is 23.6 Å². The molecule has 0 aliphatic heterocycles. The topological polar surface area (TPSA) is 102 Å². The van der Waals surface area contributed by atoms with Gasteiger partial charge < -0.3 is 10.4 Å². The molecule has 146 valence electrons. The predicted octanol–water partition coefficient (Wildman–Crippen LogP) is 3.39. The van der Waals surface area contributed by atoms with Gasteiger partial charge in [0, 0.05) is 21.8 Å². The quantitative estimate of drug-likeness (QED) is 0.634. The van der Waals surface area contributed by atoms with Gasteiger partial charge in [-0.05, 0) is 32.0 Å². The lowest BCUT2D eigenvalue weighted by atomic mass is 10.2. The zero-order valence-electron chi connectivity index (χ0n) is 15.1. The van der Waals surface area contributed by atoms with E-state index in [9.17, 15) is 9.59 Å². The molecule has 0 saturated heterocycles. The summed E-state index contributed by atoms with van der Waals surface area (Å²) in [6.45, 7) is 3.71. The van der Waals surface area contributed by atoms with Gasteiger partial charge in [-0.25, -0.2) is 9.48 Å². The molecule has 0 atom stereocenters. The minimum atomic E-state index is -1.15. The number of hydrogen-bond acceptors (Lipinski definition) is 4. The van der Waals surface area contributed by atoms with Crippen LogP contribution in [0.2, 0.25) is 10.0 Å². The van der Waals surface area contributed by atoms with Crippen LogP contribution >= 0.6 is 23.2 Å². The Morgan fingerprint density at radius 3 is 2.46 bits per heavy atom. The molecule has 2 aromatic heterocycles. The molecule has 0 saturated carbocycles. The van der Waals surface area contributed by atoms with Crippen molar-refractivity contribution in [1.29, 1.82) is 0 Å². The van der Waals surface area contributed by atoms with Gasteiger partial charge in [-0.2, -0.15) is 10.2 Å². The predicted molar refractivity (Wildman–Crippen MR) is 105 cm³/mol. The zero-order valence-corrected chi connectivity index (χ0v) is 16.6. The second-order valence-corrected chi connectivity index (χ2v) is 6.95. The molecule has 1 amide bonds. The minimum Gasteiger partial charge on any atom is -0.477 e. The number of hydrogen-bond donors (Lipinski definition) is 2. The van der Waals surface area contributed by atoms with E-state index in [4.69, 9.17) is 28.3 Å². The Morgan fingerprint density at radius 1 is 1.14 bits per heavy atom. The molecule has 2 N–H and O–H groups in total. The highest BCUT2D eigenvalue weighted by molar-refractivity contribution is 6.35. The van der Waals surface area contributed by atoms with Crippen LogP contribution in [0.4, 0.5) is 5.69 Å². The Hall–Kier alpha value is -2.84. The van der Waals surface area contributed by atoms with Crippen LogP contribution in [0.15, 0.2) is 30.5 Å². The van der Waals surface area contributed by atoms with Crippen LogP contribution in [0.5, 0.6) is 0 Å². The van der Waals surface area contributed by atoms with Crippen molar-refractivity contribution >= 4 is 40.8 Å². The average Bonchev–Trinajstić information content (AvgIpc) is 3.18. The van der Waals surface area contributed by atoms with Crippen molar-refractivity contribution in [3.63, 3.8) is 0 Å². The number of carboxylic acids is 1. The van der Waals surface area contributed by atoms with Crippen LogP contribution in [-0.4, -0.2) is 36.5 Å². The first kappa shape index (κ1) is 19.9. The number of aromatic nitrogens is 4. The van der Waals surface area contributed by atoms with E-state index in [2.05, 4.69) is 15.5 Å². The van der Waals surface area contributed by atoms with E-state index in [1.807, 2.05) is 6.92 Å². The number of halogens is 2. The third-order valence-corrected chi connectivity index (χ3v) is 4.95. The fourth-order valence-corrected chi connectivity index (χ4v) is 3.34. The standard InChI is InChI=1S/C18H17Cl2N5O3/c1-10-17(22-16(26)9-25-15(18(27)28)6-7-21-25)11(2)24(23-10)8-12-13(19)4-3-5-14(12)20/h3-7H,8-9H2,1-2H3,(H,22,26)(H,27,28). The van der Waals surface area contributed by atoms with E-state index < -0.39 is 11.9 Å². The Labute approximate surface area is 170 Å². The molecule has 10 heteroatoms. The number of aryl methyl sites for hydroxylation is 1. The first-order chi connectivity index (χ1) is 13.3. The van der Waals surface area contributed by atoms with Crippen molar-refractivity contribution in [3.8, 4) is 0 Å². The summed E-state index contributed by atoms with van der Waals surface area (Å²) in [6, 6.07) is 6.60. The lowest BCUT2D eigenvalue weighted by Gasteiger charge is -2.10. The number of carbonyl (C=O) groups excluding carboxylic acids is 1. The highest BCUT2D eigenvalue weighted by Gasteiger charge is 2.18. The lowest BCUT2D eigenvalue weighted by Crippen LogP contribution is -2.22. The second-order valence-electron chi connectivity index (χ2n) is 6.13. The van der Waals surface area contributed by atoms with Gasteiger partial charge in [0.1, 0.15) is 12.2 Å². The van der Waals surface area contributed by atoms with E-state index in [0.29, 0.717) is 28.0 Å². The lowest BCUT2D eigenvalue weighted by molar-refractivity contribution is -0.116. The Balaban J connectivity index is 1.79. The molecule has 3 rings (SSSR count). The van der Waals surface area contributed by atoms with Crippen molar-refractivity contribution in [1.82, 2.24) is 19.6 Å². The molecule has 3 aromatic rings. The smallest absolute Gasteiger partial charge is 0.354 e. The van der Waals surface area contributed by atoms with Crippen LogP contribution in [0.25, 0.3) is 0 Å². The van der Waals surface area contributed by atoms with Crippen molar-refractivity contribution in [2.45, 2.75) is 26.9 Å². The molecule has 0 bridgehead atoms. The number of nitrogens with zero attached hydrogens (tertiary/aromatic N) is 4. The number of amides is 1. The number of rotatable bonds is 6. The first-order valence-electron chi connectivity index (χ1n) is 8.29. The van der Waals surface area contributed by atoms with Gasteiger partial charge in [-0.15, -0.1) is 0 Å². The summed E-state index contributed by atoms with van der Waals surface area (Å²) >= 11 is 12.5. The van der Waals surface area contributed by atoms with Gasteiger partial charge in [0.2, 0.25) is 5.91 Å². The van der Waals surface area contributed by atoms with Gasteiger partial charge in [-0.3, -0.25) is 9.48 Å². The molecular formula is C18H17Cl2N5O3. The second kappa shape index (κ2) is 8.04. The summed E-state index contributed by atoms with van der Waals surface area (Å²) in [4.78, 5) is 23.5. The Bertz CT molecular complexity index is 1040. The van der Waals surface area contributed by atoms with Crippen LogP contribution < -0.4 is 5.32 Å². The van der Waals surface area contributed by atoms with Crippen molar-refractivity contribution in [2.75, 3.05) is 5.32 Å². The summed E-state index contributed by atoms with van der Waals surface area (Å²) in [6.07, 6.45) is 1.33. The van der Waals surface area contributed by atoms with Crippen LogP contribution in [0.3, 0.4) is 0 Å². The molecule has 0 spiro atoms. The number of aromatic carboxylic acids is 1. The van der Waals surface area contributed by atoms with E-state index in [1.54, 1.807) is 29.8 Å². The highest BCUT2D eigenvalue weighted by atomic mass is 35.5. The SMILES string of the molecule is Cc1nn(Cc2c(Cl)cccc2Cl)c(C)c1NC(=O)Cn1nccc1C(=O)O. The molecule has 0 aliphatic rings. The normalized spacial score (nSPS) is 10.9. The number of carbonyl (C=O) groups is 2. The maximum absolute atomic E-state index is 12.4. The molecular weight excluding hydrogens is 405 g/mol. The van der Waals surface area contributed by atoms with Crippen LogP contribution in [-0.2, 0) is 17.9 Å². The summed E-state index contributed by atoms with van der Waals surface area (Å²) in [5.74, 6) is -1.56. The van der Waals surface area contributed by atoms with Crippen LogP contribution in [0.1, 0.15) is 27.4 Å². The molecule has 0 aliphatic carbocycles. The van der Waals surface area contributed by atoms with Gasteiger partial charge in [0.15, 0.2) is 0 Å². The fraction of sp³-hybridized carbons (Fsp3) is 0.222. The summed E-state index contributed by atoms with van der Waals surface area (Å²) in [5.41, 5.74) is 2.57. The van der Waals surface area contributed by atoms with Crippen LogP contribution in [0, 0.1) is 13.8 Å². The van der Waals surface area contributed by atoms with Gasteiger partial charge >= 0.3 is 5.97 Å². The van der Waals surface area contributed by atoms with E-state index >= 15 is 0 Å². The molecule has 0 unspecified atom stereocenters. The largest absolute Gasteiger partial charge is 0.477 e. The van der Waals surface area contributed by atoms with E-state index in [0.717, 1.165) is 15.9 Å². The molecule has 2 heterocycles. The van der Waals surface area contributed by atoms with Crippen molar-refractivity contribution in [3.05, 3.63) is 63.2 Å². The summed E-state index contributed by atoms with van der Waals surface area (Å²) in [7, 11) is 0. The average molecular weight is 422 g/mol. The first-order valence-corrected chi connectivity index (χ1v) is 9.05. The number of anilines is 1.